The van der Waals surface area contributed by atoms with Crippen molar-refractivity contribution >= 4 is 0 Å². The molecule has 0 radical (unpaired) electrons. The predicted molar refractivity (Wildman–Crippen MR) is 66.0 cm³/mol. The van der Waals surface area contributed by atoms with E-state index in [0.717, 1.165) is 6.42 Å². The first-order valence-corrected chi connectivity index (χ1v) is 6.19. The van der Waals surface area contributed by atoms with E-state index in [-0.39, 0.29) is 5.60 Å². The van der Waals surface area contributed by atoms with E-state index < -0.39 is 0 Å². The SMILES string of the molecule is C=CCOC1(CC=C)CCCCCCC1. The van der Waals surface area contributed by atoms with E-state index >= 15 is 0 Å². The topological polar surface area (TPSA) is 9.23 Å². The highest BCUT2D eigenvalue weighted by Crippen LogP contribution is 2.32. The van der Waals surface area contributed by atoms with Gasteiger partial charge < -0.3 is 4.74 Å². The maximum atomic E-state index is 6.01. The molecule has 0 unspecified atom stereocenters. The first-order chi connectivity index (χ1) is 7.33. The van der Waals surface area contributed by atoms with Gasteiger partial charge in [-0.15, -0.1) is 13.2 Å². The molecule has 0 heterocycles. The smallest absolute Gasteiger partial charge is 0.0721 e. The zero-order chi connectivity index (χ0) is 11.0. The van der Waals surface area contributed by atoms with Crippen molar-refractivity contribution in [3.8, 4) is 0 Å². The summed E-state index contributed by atoms with van der Waals surface area (Å²) in [6, 6.07) is 0. The van der Waals surface area contributed by atoms with Crippen molar-refractivity contribution in [2.75, 3.05) is 6.61 Å². The molecule has 0 spiro atoms. The lowest BCUT2D eigenvalue weighted by atomic mass is 9.84. The van der Waals surface area contributed by atoms with E-state index in [9.17, 15) is 0 Å². The van der Waals surface area contributed by atoms with Gasteiger partial charge in [0.25, 0.3) is 0 Å². The Labute approximate surface area is 94.2 Å². The summed E-state index contributed by atoms with van der Waals surface area (Å²) < 4.78 is 6.01. The molecule has 1 aliphatic rings. The first kappa shape index (κ1) is 12.5. The molecular weight excluding hydrogens is 184 g/mol. The fraction of sp³-hybridized carbons (Fsp3) is 0.714. The molecular formula is C14H24O. The van der Waals surface area contributed by atoms with Crippen molar-refractivity contribution < 1.29 is 4.74 Å². The molecule has 86 valence electrons. The van der Waals surface area contributed by atoms with E-state index in [0.29, 0.717) is 6.61 Å². The lowest BCUT2D eigenvalue weighted by molar-refractivity contribution is -0.0474. The van der Waals surface area contributed by atoms with Crippen LogP contribution in [0, 0.1) is 0 Å². The Kier molecular flexibility index (Phi) is 5.70. The van der Waals surface area contributed by atoms with Crippen LogP contribution in [-0.2, 0) is 4.74 Å². The summed E-state index contributed by atoms with van der Waals surface area (Å²) in [4.78, 5) is 0. The number of ether oxygens (including phenoxy) is 1. The summed E-state index contributed by atoms with van der Waals surface area (Å²) in [5.74, 6) is 0. The van der Waals surface area contributed by atoms with Crippen LogP contribution in [0.2, 0.25) is 0 Å². The van der Waals surface area contributed by atoms with Crippen LogP contribution in [0.15, 0.2) is 25.3 Å². The van der Waals surface area contributed by atoms with Gasteiger partial charge in [-0.1, -0.05) is 44.3 Å². The summed E-state index contributed by atoms with van der Waals surface area (Å²) in [6.07, 6.45) is 13.9. The van der Waals surface area contributed by atoms with Crippen LogP contribution in [0.5, 0.6) is 0 Å². The second-order valence-electron chi connectivity index (χ2n) is 4.54. The Bertz CT molecular complexity index is 188. The first-order valence-electron chi connectivity index (χ1n) is 6.19. The second-order valence-corrected chi connectivity index (χ2v) is 4.54. The predicted octanol–water partition coefficient (Wildman–Crippen LogP) is 4.25. The van der Waals surface area contributed by atoms with E-state index in [1.54, 1.807) is 0 Å². The normalized spacial score (nSPS) is 21.3. The minimum absolute atomic E-state index is 0.0658. The average molecular weight is 208 g/mol. The van der Waals surface area contributed by atoms with Gasteiger partial charge in [-0.3, -0.25) is 0 Å². The molecule has 0 bridgehead atoms. The van der Waals surface area contributed by atoms with E-state index in [2.05, 4.69) is 13.2 Å². The maximum Gasteiger partial charge on any atom is 0.0721 e. The minimum atomic E-state index is 0.0658. The van der Waals surface area contributed by atoms with Crippen LogP contribution in [0.4, 0.5) is 0 Å². The molecule has 0 atom stereocenters. The van der Waals surface area contributed by atoms with Gasteiger partial charge in [0.15, 0.2) is 0 Å². The molecule has 0 aromatic rings. The molecule has 0 aromatic carbocycles. The van der Waals surface area contributed by atoms with E-state index in [4.69, 9.17) is 4.74 Å². The van der Waals surface area contributed by atoms with Gasteiger partial charge in [0, 0.05) is 0 Å². The molecule has 1 heteroatoms. The van der Waals surface area contributed by atoms with E-state index in [1.807, 2.05) is 12.2 Å². The third kappa shape index (κ3) is 4.21. The molecule has 0 aromatic heterocycles. The molecule has 1 nitrogen and oxygen atoms in total. The molecule has 1 rings (SSSR count). The fourth-order valence-electron chi connectivity index (χ4n) is 2.46. The van der Waals surface area contributed by atoms with Crippen molar-refractivity contribution in [2.24, 2.45) is 0 Å². The Morgan fingerprint density at radius 3 is 2.07 bits per heavy atom. The quantitative estimate of drug-likeness (QED) is 0.614. The summed E-state index contributed by atoms with van der Waals surface area (Å²) in [7, 11) is 0. The number of hydrogen-bond acceptors (Lipinski definition) is 1. The van der Waals surface area contributed by atoms with Crippen LogP contribution in [0.1, 0.15) is 51.4 Å². The van der Waals surface area contributed by atoms with Gasteiger partial charge in [0.05, 0.1) is 12.2 Å². The third-order valence-electron chi connectivity index (χ3n) is 3.29. The molecule has 1 aliphatic carbocycles. The highest BCUT2D eigenvalue weighted by atomic mass is 16.5. The van der Waals surface area contributed by atoms with Crippen LogP contribution in [-0.4, -0.2) is 12.2 Å². The van der Waals surface area contributed by atoms with Crippen LogP contribution < -0.4 is 0 Å². The number of rotatable bonds is 5. The van der Waals surface area contributed by atoms with Crippen molar-refractivity contribution in [1.82, 2.24) is 0 Å². The standard InChI is InChI=1S/C14H24O/c1-3-10-14(15-13-4-2)11-8-6-5-7-9-12-14/h3-4H,1-2,5-13H2. The third-order valence-corrected chi connectivity index (χ3v) is 3.29. The van der Waals surface area contributed by atoms with Gasteiger partial charge in [-0.05, 0) is 19.3 Å². The van der Waals surface area contributed by atoms with Crippen molar-refractivity contribution in [3.05, 3.63) is 25.3 Å². The molecule has 0 saturated heterocycles. The Hall–Kier alpha value is -0.560. The fourth-order valence-corrected chi connectivity index (χ4v) is 2.46. The monoisotopic (exact) mass is 208 g/mol. The van der Waals surface area contributed by atoms with Crippen molar-refractivity contribution in [1.29, 1.82) is 0 Å². The van der Waals surface area contributed by atoms with Crippen molar-refractivity contribution in [3.63, 3.8) is 0 Å². The summed E-state index contributed by atoms with van der Waals surface area (Å²) >= 11 is 0. The zero-order valence-corrected chi connectivity index (χ0v) is 9.84. The molecule has 1 saturated carbocycles. The van der Waals surface area contributed by atoms with E-state index in [1.165, 1.54) is 44.9 Å². The van der Waals surface area contributed by atoms with Crippen LogP contribution in [0.25, 0.3) is 0 Å². The highest BCUT2D eigenvalue weighted by Gasteiger charge is 2.29. The van der Waals surface area contributed by atoms with Gasteiger partial charge in [-0.2, -0.15) is 0 Å². The van der Waals surface area contributed by atoms with Crippen LogP contribution in [0.3, 0.4) is 0 Å². The van der Waals surface area contributed by atoms with Gasteiger partial charge in [0.1, 0.15) is 0 Å². The molecule has 1 fully saturated rings. The lowest BCUT2D eigenvalue weighted by Crippen LogP contribution is -2.33. The molecule has 15 heavy (non-hydrogen) atoms. The van der Waals surface area contributed by atoms with Crippen LogP contribution >= 0.6 is 0 Å². The maximum absolute atomic E-state index is 6.01. The molecule has 0 aliphatic heterocycles. The van der Waals surface area contributed by atoms with Crippen molar-refractivity contribution in [2.45, 2.75) is 57.0 Å². The van der Waals surface area contributed by atoms with Gasteiger partial charge >= 0.3 is 0 Å². The Morgan fingerprint density at radius 2 is 1.53 bits per heavy atom. The lowest BCUT2D eigenvalue weighted by Gasteiger charge is -2.34. The summed E-state index contributed by atoms with van der Waals surface area (Å²) in [5.41, 5.74) is 0.0658. The Morgan fingerprint density at radius 1 is 0.933 bits per heavy atom. The highest BCUT2D eigenvalue weighted by molar-refractivity contribution is 4.90. The Balaban J connectivity index is 2.56. The molecule has 0 N–H and O–H groups in total. The minimum Gasteiger partial charge on any atom is -0.371 e. The molecule has 0 amide bonds. The van der Waals surface area contributed by atoms with Gasteiger partial charge in [0.2, 0.25) is 0 Å². The zero-order valence-electron chi connectivity index (χ0n) is 9.84. The largest absolute Gasteiger partial charge is 0.371 e. The second kappa shape index (κ2) is 6.84. The van der Waals surface area contributed by atoms with Gasteiger partial charge in [-0.25, -0.2) is 0 Å². The summed E-state index contributed by atoms with van der Waals surface area (Å²) in [6.45, 7) is 8.26. The number of hydrogen-bond donors (Lipinski definition) is 0. The summed E-state index contributed by atoms with van der Waals surface area (Å²) in [5, 5.41) is 0. The average Bonchev–Trinajstić information content (AvgIpc) is 2.21.